The number of carbonyl (C=O) groups excluding carboxylic acids is 2. The third-order valence-corrected chi connectivity index (χ3v) is 8.58. The van der Waals surface area contributed by atoms with E-state index in [0.717, 1.165) is 29.5 Å². The molecule has 2 fully saturated rings. The number of amides is 2. The third kappa shape index (κ3) is 5.28. The van der Waals surface area contributed by atoms with Gasteiger partial charge in [-0.2, -0.15) is 4.31 Å². The highest BCUT2D eigenvalue weighted by atomic mass is 32.2. The maximum absolute atomic E-state index is 13.3. The Morgan fingerprint density at radius 2 is 1.30 bits per heavy atom. The van der Waals surface area contributed by atoms with Gasteiger partial charge in [0.2, 0.25) is 21.8 Å². The van der Waals surface area contributed by atoms with Crippen LogP contribution in [-0.2, 0) is 19.6 Å². The zero-order chi connectivity index (χ0) is 23.8. The predicted molar refractivity (Wildman–Crippen MR) is 129 cm³/mol. The number of hydrogen-bond donors (Lipinski definition) is 2. The first-order valence-electron chi connectivity index (χ1n) is 11.4. The van der Waals surface area contributed by atoms with Crippen LogP contribution >= 0.6 is 0 Å². The number of piperidine rings is 1. The maximum Gasteiger partial charge on any atom is 0.243 e. The van der Waals surface area contributed by atoms with Gasteiger partial charge in [-0.15, -0.1) is 0 Å². The lowest BCUT2D eigenvalue weighted by molar-refractivity contribution is -0.121. The van der Waals surface area contributed by atoms with Gasteiger partial charge >= 0.3 is 0 Å². The van der Waals surface area contributed by atoms with Gasteiger partial charge in [-0.25, -0.2) is 8.42 Å². The van der Waals surface area contributed by atoms with Gasteiger partial charge < -0.3 is 10.6 Å². The quantitative estimate of drug-likeness (QED) is 0.668. The molecule has 0 aromatic heterocycles. The molecule has 0 radical (unpaired) electrons. The number of hydrogen-bond acceptors (Lipinski definition) is 4. The molecule has 8 heteroatoms. The zero-order valence-corrected chi connectivity index (χ0v) is 20.2. The Balaban J connectivity index is 1.37. The number of carbonyl (C=O) groups is 2. The van der Waals surface area contributed by atoms with Gasteiger partial charge in [-0.1, -0.05) is 23.8 Å². The Hall–Kier alpha value is -2.71. The average molecular weight is 470 g/mol. The second-order valence-electron chi connectivity index (χ2n) is 9.24. The van der Waals surface area contributed by atoms with Crippen molar-refractivity contribution in [3.8, 4) is 0 Å². The van der Waals surface area contributed by atoms with Crippen LogP contribution in [0.3, 0.4) is 0 Å². The largest absolute Gasteiger partial charge is 0.326 e. The Morgan fingerprint density at radius 3 is 1.79 bits per heavy atom. The molecule has 1 saturated carbocycles. The minimum Gasteiger partial charge on any atom is -0.326 e. The molecule has 2 amide bonds. The lowest BCUT2D eigenvalue weighted by Crippen LogP contribution is -2.41. The second kappa shape index (κ2) is 9.27. The van der Waals surface area contributed by atoms with E-state index in [-0.39, 0.29) is 23.7 Å². The Kier molecular flexibility index (Phi) is 6.59. The molecule has 176 valence electrons. The number of nitrogens with one attached hydrogen (secondary N) is 2. The minimum absolute atomic E-state index is 0.0195. The number of aryl methyl sites for hydroxylation is 3. The summed E-state index contributed by atoms with van der Waals surface area (Å²) in [5.74, 6) is -0.259. The van der Waals surface area contributed by atoms with Gasteiger partial charge in [-0.05, 0) is 75.8 Å². The van der Waals surface area contributed by atoms with E-state index in [2.05, 4.69) is 10.6 Å². The topological polar surface area (TPSA) is 95.6 Å². The van der Waals surface area contributed by atoms with Gasteiger partial charge in [0.25, 0.3) is 0 Å². The summed E-state index contributed by atoms with van der Waals surface area (Å²) in [5, 5.41) is 5.81. The molecule has 1 heterocycles. The van der Waals surface area contributed by atoms with Crippen molar-refractivity contribution in [2.75, 3.05) is 23.7 Å². The second-order valence-corrected chi connectivity index (χ2v) is 11.1. The molecule has 2 aromatic carbocycles. The molecule has 2 aromatic rings. The number of anilines is 2. The van der Waals surface area contributed by atoms with Gasteiger partial charge in [0.1, 0.15) is 0 Å². The summed E-state index contributed by atoms with van der Waals surface area (Å²) in [6, 6.07) is 10.9. The molecular formula is C25H31N3O4S. The number of nitrogens with zero attached hydrogens (tertiary/aromatic N) is 1. The molecule has 4 rings (SSSR count). The van der Waals surface area contributed by atoms with Gasteiger partial charge in [0.15, 0.2) is 0 Å². The summed E-state index contributed by atoms with van der Waals surface area (Å²) in [7, 11) is -3.61. The van der Waals surface area contributed by atoms with E-state index in [4.69, 9.17) is 0 Å². The maximum atomic E-state index is 13.3. The van der Waals surface area contributed by atoms with E-state index in [1.807, 2.05) is 32.9 Å². The molecule has 7 nitrogen and oxygen atoms in total. The highest BCUT2D eigenvalue weighted by molar-refractivity contribution is 7.89. The summed E-state index contributed by atoms with van der Waals surface area (Å²) in [6.07, 6.45) is 2.79. The van der Waals surface area contributed by atoms with Gasteiger partial charge in [-0.3, -0.25) is 9.59 Å². The Labute approximate surface area is 195 Å². The lowest BCUT2D eigenvalue weighted by atomic mass is 9.97. The molecule has 1 saturated heterocycles. The first kappa shape index (κ1) is 23.4. The van der Waals surface area contributed by atoms with Crippen molar-refractivity contribution in [2.45, 2.75) is 51.3 Å². The monoisotopic (exact) mass is 469 g/mol. The summed E-state index contributed by atoms with van der Waals surface area (Å²) < 4.78 is 28.0. The van der Waals surface area contributed by atoms with Gasteiger partial charge in [0, 0.05) is 36.3 Å². The highest BCUT2D eigenvalue weighted by Gasteiger charge is 2.34. The van der Waals surface area contributed by atoms with Crippen molar-refractivity contribution in [3.05, 3.63) is 53.1 Å². The fourth-order valence-electron chi connectivity index (χ4n) is 4.57. The number of benzene rings is 2. The van der Waals surface area contributed by atoms with Crippen LogP contribution in [-0.4, -0.2) is 37.6 Å². The molecule has 0 bridgehead atoms. The van der Waals surface area contributed by atoms with Crippen LogP contribution in [0.15, 0.2) is 41.3 Å². The predicted octanol–water partition coefficient (Wildman–Crippen LogP) is 4.00. The van der Waals surface area contributed by atoms with Crippen LogP contribution in [0.4, 0.5) is 11.4 Å². The van der Waals surface area contributed by atoms with E-state index in [1.54, 1.807) is 24.3 Å². The highest BCUT2D eigenvalue weighted by Crippen LogP contribution is 2.31. The summed E-state index contributed by atoms with van der Waals surface area (Å²) in [4.78, 5) is 25.2. The van der Waals surface area contributed by atoms with Crippen LogP contribution in [0, 0.1) is 32.6 Å². The molecule has 0 unspecified atom stereocenters. The van der Waals surface area contributed by atoms with E-state index in [9.17, 15) is 18.0 Å². The first-order valence-corrected chi connectivity index (χ1v) is 12.9. The van der Waals surface area contributed by atoms with Gasteiger partial charge in [0.05, 0.1) is 4.90 Å². The standard InChI is InChI=1S/C25H31N3O4S/c1-16-13-17(2)23(18(3)14-16)33(31,32)28-11-9-20(10-12-28)25(30)27-22-6-4-5-21(15-22)26-24(29)19-7-8-19/h4-6,13-15,19-20H,7-12H2,1-3H3,(H,26,29)(H,27,30). The first-order chi connectivity index (χ1) is 15.6. The normalized spacial score (nSPS) is 17.5. The molecule has 0 spiro atoms. The van der Waals surface area contributed by atoms with Crippen LogP contribution in [0.2, 0.25) is 0 Å². The number of rotatable bonds is 6. The molecule has 2 aliphatic rings. The van der Waals surface area contributed by atoms with Crippen LogP contribution < -0.4 is 10.6 Å². The van der Waals surface area contributed by atoms with E-state index >= 15 is 0 Å². The third-order valence-electron chi connectivity index (χ3n) is 6.37. The van der Waals surface area contributed by atoms with Crippen molar-refractivity contribution >= 4 is 33.2 Å². The molecule has 1 aliphatic carbocycles. The average Bonchev–Trinajstić information content (AvgIpc) is 3.58. The lowest BCUT2D eigenvalue weighted by Gasteiger charge is -2.31. The molecule has 33 heavy (non-hydrogen) atoms. The molecular weight excluding hydrogens is 438 g/mol. The van der Waals surface area contributed by atoms with Crippen molar-refractivity contribution in [1.29, 1.82) is 0 Å². The van der Waals surface area contributed by atoms with E-state index in [1.165, 1.54) is 4.31 Å². The molecule has 2 N–H and O–H groups in total. The van der Waals surface area contributed by atoms with Crippen molar-refractivity contribution < 1.29 is 18.0 Å². The van der Waals surface area contributed by atoms with Crippen LogP contribution in [0.5, 0.6) is 0 Å². The van der Waals surface area contributed by atoms with Crippen molar-refractivity contribution in [3.63, 3.8) is 0 Å². The Morgan fingerprint density at radius 1 is 0.818 bits per heavy atom. The smallest absolute Gasteiger partial charge is 0.243 e. The molecule has 1 aliphatic heterocycles. The molecule has 0 atom stereocenters. The van der Waals surface area contributed by atoms with E-state index < -0.39 is 10.0 Å². The summed E-state index contributed by atoms with van der Waals surface area (Å²) in [6.45, 7) is 6.23. The number of sulfonamides is 1. The summed E-state index contributed by atoms with van der Waals surface area (Å²) >= 11 is 0. The zero-order valence-electron chi connectivity index (χ0n) is 19.3. The van der Waals surface area contributed by atoms with Crippen LogP contribution in [0.1, 0.15) is 42.4 Å². The van der Waals surface area contributed by atoms with Crippen LogP contribution in [0.25, 0.3) is 0 Å². The fraction of sp³-hybridized carbons (Fsp3) is 0.440. The summed E-state index contributed by atoms with van der Waals surface area (Å²) in [5.41, 5.74) is 3.82. The minimum atomic E-state index is -3.61. The Bertz CT molecular complexity index is 1160. The van der Waals surface area contributed by atoms with Crippen molar-refractivity contribution in [1.82, 2.24) is 4.31 Å². The fourth-order valence-corrected chi connectivity index (χ4v) is 6.45. The SMILES string of the molecule is Cc1cc(C)c(S(=O)(=O)N2CCC(C(=O)Nc3cccc(NC(=O)C4CC4)c3)CC2)c(C)c1. The van der Waals surface area contributed by atoms with E-state index in [0.29, 0.717) is 42.2 Å². The van der Waals surface area contributed by atoms with Crippen molar-refractivity contribution in [2.24, 2.45) is 11.8 Å².